The van der Waals surface area contributed by atoms with Crippen LogP contribution in [0.3, 0.4) is 0 Å². The molecule has 0 radical (unpaired) electrons. The van der Waals surface area contributed by atoms with Crippen molar-refractivity contribution < 1.29 is 18.0 Å². The quantitative estimate of drug-likeness (QED) is 0.432. The number of anilines is 2. The SMILES string of the molecule is CC(=O)Nc1nc(CCc2ccc(N)cc2)c(C(=O)NCc2ccc(S(C)(=O)=O)cc2)s1. The van der Waals surface area contributed by atoms with Crippen molar-refractivity contribution in [2.24, 2.45) is 0 Å². The molecule has 0 atom stereocenters. The van der Waals surface area contributed by atoms with Crippen LogP contribution in [0.15, 0.2) is 53.4 Å². The number of nitrogens with one attached hydrogen (secondary N) is 2. The van der Waals surface area contributed by atoms with Gasteiger partial charge >= 0.3 is 0 Å². The number of rotatable bonds is 8. The first-order valence-electron chi connectivity index (χ1n) is 9.81. The molecule has 0 spiro atoms. The van der Waals surface area contributed by atoms with Crippen molar-refractivity contribution in [3.05, 3.63) is 70.2 Å². The number of carbonyl (C=O) groups is 2. The van der Waals surface area contributed by atoms with E-state index < -0.39 is 9.84 Å². The third kappa shape index (κ3) is 6.38. The van der Waals surface area contributed by atoms with E-state index in [4.69, 9.17) is 5.73 Å². The Morgan fingerprint density at radius 2 is 1.62 bits per heavy atom. The van der Waals surface area contributed by atoms with E-state index in [0.717, 1.165) is 28.7 Å². The fraction of sp³-hybridized carbons (Fsp3) is 0.227. The van der Waals surface area contributed by atoms with Crippen molar-refractivity contribution in [1.29, 1.82) is 0 Å². The van der Waals surface area contributed by atoms with Gasteiger partial charge in [-0.3, -0.25) is 9.59 Å². The minimum atomic E-state index is -3.27. The number of sulfone groups is 1. The molecule has 0 aliphatic rings. The highest BCUT2D eigenvalue weighted by atomic mass is 32.2. The molecule has 0 bridgehead atoms. The summed E-state index contributed by atoms with van der Waals surface area (Å²) < 4.78 is 23.2. The second-order valence-corrected chi connectivity index (χ2v) is 10.3. The number of nitrogen functional groups attached to an aromatic ring is 1. The molecule has 3 rings (SSSR count). The first kappa shape index (κ1) is 23.4. The molecule has 0 aliphatic carbocycles. The van der Waals surface area contributed by atoms with Crippen molar-refractivity contribution >= 4 is 43.8 Å². The molecule has 32 heavy (non-hydrogen) atoms. The Bertz CT molecular complexity index is 1220. The van der Waals surface area contributed by atoms with Crippen molar-refractivity contribution in [3.8, 4) is 0 Å². The lowest BCUT2D eigenvalue weighted by Crippen LogP contribution is -2.23. The average molecular weight is 473 g/mol. The number of aryl methyl sites for hydroxylation is 2. The van der Waals surface area contributed by atoms with Gasteiger partial charge < -0.3 is 16.4 Å². The van der Waals surface area contributed by atoms with E-state index >= 15 is 0 Å². The van der Waals surface area contributed by atoms with Crippen LogP contribution in [0.2, 0.25) is 0 Å². The third-order valence-electron chi connectivity index (χ3n) is 4.62. The number of thiazole rings is 1. The summed E-state index contributed by atoms with van der Waals surface area (Å²) in [5.74, 6) is -0.569. The number of aromatic nitrogens is 1. The summed E-state index contributed by atoms with van der Waals surface area (Å²) in [7, 11) is -3.27. The van der Waals surface area contributed by atoms with Crippen LogP contribution in [0.5, 0.6) is 0 Å². The summed E-state index contributed by atoms with van der Waals surface area (Å²) in [5, 5.41) is 5.84. The van der Waals surface area contributed by atoms with E-state index in [2.05, 4.69) is 15.6 Å². The molecule has 3 aromatic rings. The molecule has 1 aromatic heterocycles. The fourth-order valence-electron chi connectivity index (χ4n) is 2.97. The topological polar surface area (TPSA) is 131 Å². The Kier molecular flexibility index (Phi) is 7.26. The molecule has 168 valence electrons. The Balaban J connectivity index is 1.72. The zero-order valence-corrected chi connectivity index (χ0v) is 19.3. The van der Waals surface area contributed by atoms with Gasteiger partial charge in [-0.2, -0.15) is 0 Å². The highest BCUT2D eigenvalue weighted by Crippen LogP contribution is 2.25. The summed E-state index contributed by atoms with van der Waals surface area (Å²) in [6.07, 6.45) is 2.33. The Hall–Kier alpha value is -3.24. The largest absolute Gasteiger partial charge is 0.399 e. The highest BCUT2D eigenvalue weighted by Gasteiger charge is 2.19. The molecular formula is C22H24N4O4S2. The minimum absolute atomic E-state index is 0.222. The first-order valence-corrected chi connectivity index (χ1v) is 12.5. The Morgan fingerprint density at radius 3 is 2.22 bits per heavy atom. The highest BCUT2D eigenvalue weighted by molar-refractivity contribution is 7.90. The lowest BCUT2D eigenvalue weighted by Gasteiger charge is -2.07. The maximum Gasteiger partial charge on any atom is 0.263 e. The maximum atomic E-state index is 12.9. The van der Waals surface area contributed by atoms with Gasteiger partial charge in [0.05, 0.1) is 10.6 Å². The van der Waals surface area contributed by atoms with Crippen molar-refractivity contribution in [3.63, 3.8) is 0 Å². The molecule has 1 heterocycles. The van der Waals surface area contributed by atoms with E-state index in [1.165, 1.54) is 19.1 Å². The maximum absolute atomic E-state index is 12.9. The number of hydrogen-bond acceptors (Lipinski definition) is 7. The van der Waals surface area contributed by atoms with Gasteiger partial charge in [-0.1, -0.05) is 35.6 Å². The Labute approximate surface area is 190 Å². The zero-order chi connectivity index (χ0) is 23.3. The van der Waals surface area contributed by atoms with Crippen LogP contribution in [-0.2, 0) is 34.0 Å². The molecule has 4 N–H and O–H groups in total. The summed E-state index contributed by atoms with van der Waals surface area (Å²) >= 11 is 1.12. The molecule has 10 heteroatoms. The van der Waals surface area contributed by atoms with Gasteiger partial charge in [-0.05, 0) is 48.2 Å². The van der Waals surface area contributed by atoms with Gasteiger partial charge in [0.25, 0.3) is 5.91 Å². The lowest BCUT2D eigenvalue weighted by molar-refractivity contribution is -0.114. The second kappa shape index (κ2) is 9.92. The predicted octanol–water partition coefficient (Wildman–Crippen LogP) is 2.80. The Morgan fingerprint density at radius 1 is 1.00 bits per heavy atom. The molecule has 8 nitrogen and oxygen atoms in total. The first-order chi connectivity index (χ1) is 15.1. The number of amides is 2. The number of nitrogens with two attached hydrogens (primary N) is 1. The van der Waals surface area contributed by atoms with Gasteiger partial charge in [-0.15, -0.1) is 0 Å². The summed E-state index contributed by atoms with van der Waals surface area (Å²) in [6.45, 7) is 1.61. The van der Waals surface area contributed by atoms with Crippen molar-refractivity contribution in [1.82, 2.24) is 10.3 Å². The van der Waals surface area contributed by atoms with Crippen LogP contribution >= 0.6 is 11.3 Å². The normalized spacial score (nSPS) is 11.2. The predicted molar refractivity (Wildman–Crippen MR) is 125 cm³/mol. The van der Waals surface area contributed by atoms with Crippen LogP contribution < -0.4 is 16.4 Å². The molecular weight excluding hydrogens is 448 g/mol. The van der Waals surface area contributed by atoms with Crippen LogP contribution in [0, 0.1) is 0 Å². The number of nitrogens with zero attached hydrogens (tertiary/aromatic N) is 1. The van der Waals surface area contributed by atoms with Gasteiger partial charge in [0, 0.05) is 25.4 Å². The summed E-state index contributed by atoms with van der Waals surface area (Å²) in [6, 6.07) is 13.8. The fourth-order valence-corrected chi connectivity index (χ4v) is 4.57. The van der Waals surface area contributed by atoms with Crippen molar-refractivity contribution in [2.75, 3.05) is 17.3 Å². The molecule has 0 fully saturated rings. The van der Waals surface area contributed by atoms with E-state index in [0.29, 0.717) is 34.2 Å². The molecule has 2 aromatic carbocycles. The summed E-state index contributed by atoms with van der Waals surface area (Å²) in [4.78, 5) is 29.4. The van der Waals surface area contributed by atoms with E-state index in [1.54, 1.807) is 12.1 Å². The average Bonchev–Trinajstić information content (AvgIpc) is 3.13. The molecule has 0 saturated carbocycles. The summed E-state index contributed by atoms with van der Waals surface area (Å²) in [5.41, 5.74) is 8.83. The van der Waals surface area contributed by atoms with Crippen LogP contribution in [0.25, 0.3) is 0 Å². The van der Waals surface area contributed by atoms with Crippen LogP contribution in [0.4, 0.5) is 10.8 Å². The van der Waals surface area contributed by atoms with Gasteiger partial charge in [-0.25, -0.2) is 13.4 Å². The lowest BCUT2D eigenvalue weighted by atomic mass is 10.1. The van der Waals surface area contributed by atoms with Gasteiger partial charge in [0.15, 0.2) is 15.0 Å². The molecule has 0 aliphatic heterocycles. The van der Waals surface area contributed by atoms with Crippen molar-refractivity contribution in [2.45, 2.75) is 31.2 Å². The van der Waals surface area contributed by atoms with E-state index in [9.17, 15) is 18.0 Å². The standard InChI is InChI=1S/C22H24N4O4S2/c1-14(27)25-22-26-19(12-7-15-3-8-17(23)9-4-15)20(31-22)21(28)24-13-16-5-10-18(11-6-16)32(2,29)30/h3-6,8-11H,7,12-13,23H2,1-2H3,(H,24,28)(H,25,26,27). The molecule has 0 saturated heterocycles. The number of hydrogen-bond donors (Lipinski definition) is 3. The second-order valence-electron chi connectivity index (χ2n) is 7.32. The molecule has 0 unspecified atom stereocenters. The van der Waals surface area contributed by atoms with E-state index in [1.807, 2.05) is 24.3 Å². The zero-order valence-electron chi connectivity index (χ0n) is 17.7. The minimum Gasteiger partial charge on any atom is -0.399 e. The van der Waals surface area contributed by atoms with Crippen LogP contribution in [-0.4, -0.2) is 31.5 Å². The number of carbonyl (C=O) groups excluding carboxylic acids is 2. The molecule has 2 amide bonds. The van der Waals surface area contributed by atoms with E-state index in [-0.39, 0.29) is 23.3 Å². The smallest absolute Gasteiger partial charge is 0.263 e. The number of benzene rings is 2. The third-order valence-corrected chi connectivity index (χ3v) is 6.76. The van der Waals surface area contributed by atoms with Gasteiger partial charge in [0.2, 0.25) is 5.91 Å². The van der Waals surface area contributed by atoms with Gasteiger partial charge in [0.1, 0.15) is 4.88 Å². The van der Waals surface area contributed by atoms with Crippen LogP contribution in [0.1, 0.15) is 33.4 Å². The monoisotopic (exact) mass is 472 g/mol.